The van der Waals surface area contributed by atoms with Crippen molar-refractivity contribution in [1.29, 1.82) is 0 Å². The largest absolute Gasteiger partial charge is 0.481 e. The van der Waals surface area contributed by atoms with Crippen LogP contribution >= 0.6 is 11.8 Å². The quantitative estimate of drug-likeness (QED) is 0.770. The molecule has 1 saturated carbocycles. The monoisotopic (exact) mass is 355 g/mol. The summed E-state index contributed by atoms with van der Waals surface area (Å²) < 4.78 is 0. The first-order chi connectivity index (χ1) is 12.1. The van der Waals surface area contributed by atoms with Crippen molar-refractivity contribution < 1.29 is 14.7 Å². The molecule has 2 aromatic rings. The average molecular weight is 355 g/mol. The number of benzene rings is 2. The molecule has 4 nitrogen and oxygen atoms in total. The Morgan fingerprint density at radius 2 is 1.76 bits per heavy atom. The second-order valence-electron chi connectivity index (χ2n) is 6.25. The summed E-state index contributed by atoms with van der Waals surface area (Å²) >= 11 is 1.75. The SMILES string of the molecule is O=C(N[C@H]1CCC[C@H]1C(=O)O)c1ccc(CSc2ccccc2)cc1. The highest BCUT2D eigenvalue weighted by atomic mass is 32.2. The number of rotatable bonds is 6. The Labute approximate surface area is 151 Å². The minimum absolute atomic E-state index is 0.194. The van der Waals surface area contributed by atoms with Gasteiger partial charge in [-0.2, -0.15) is 0 Å². The molecule has 0 radical (unpaired) electrons. The summed E-state index contributed by atoms with van der Waals surface area (Å²) in [6.45, 7) is 0. The molecular weight excluding hydrogens is 334 g/mol. The summed E-state index contributed by atoms with van der Waals surface area (Å²) in [6, 6.07) is 17.4. The van der Waals surface area contributed by atoms with E-state index >= 15 is 0 Å². The van der Waals surface area contributed by atoms with E-state index in [1.54, 1.807) is 23.9 Å². The van der Waals surface area contributed by atoms with Crippen molar-refractivity contribution in [3.05, 3.63) is 65.7 Å². The maximum atomic E-state index is 12.4. The Kier molecular flexibility index (Phi) is 5.76. The van der Waals surface area contributed by atoms with Crippen molar-refractivity contribution in [2.45, 2.75) is 36.0 Å². The van der Waals surface area contributed by atoms with Crippen LogP contribution in [0.15, 0.2) is 59.5 Å². The maximum absolute atomic E-state index is 12.4. The van der Waals surface area contributed by atoms with Crippen LogP contribution in [0.25, 0.3) is 0 Å². The number of thioether (sulfide) groups is 1. The van der Waals surface area contributed by atoms with Crippen LogP contribution in [0, 0.1) is 5.92 Å². The number of hydrogen-bond donors (Lipinski definition) is 2. The summed E-state index contributed by atoms with van der Waals surface area (Å²) in [5, 5.41) is 12.1. The molecule has 130 valence electrons. The van der Waals surface area contributed by atoms with Crippen LogP contribution in [0.5, 0.6) is 0 Å². The van der Waals surface area contributed by atoms with Gasteiger partial charge < -0.3 is 10.4 Å². The molecule has 1 amide bonds. The number of aliphatic carboxylic acids is 1. The second-order valence-corrected chi connectivity index (χ2v) is 7.30. The third-order valence-corrected chi connectivity index (χ3v) is 5.60. The Hall–Kier alpha value is -2.27. The molecule has 2 aromatic carbocycles. The number of carboxylic acids is 1. The van der Waals surface area contributed by atoms with Gasteiger partial charge >= 0.3 is 5.97 Å². The molecular formula is C20H21NO3S. The van der Waals surface area contributed by atoms with Crippen molar-refractivity contribution >= 4 is 23.6 Å². The Morgan fingerprint density at radius 1 is 1.04 bits per heavy atom. The molecule has 0 heterocycles. The molecule has 5 heteroatoms. The molecule has 0 aromatic heterocycles. The molecule has 0 spiro atoms. The van der Waals surface area contributed by atoms with Crippen LogP contribution < -0.4 is 5.32 Å². The Morgan fingerprint density at radius 3 is 2.44 bits per heavy atom. The summed E-state index contributed by atoms with van der Waals surface area (Å²) in [6.07, 6.45) is 2.21. The van der Waals surface area contributed by atoms with E-state index in [-0.39, 0.29) is 11.9 Å². The molecule has 2 N–H and O–H groups in total. The number of carboxylic acid groups (broad SMARTS) is 1. The molecule has 0 saturated heterocycles. The van der Waals surface area contributed by atoms with Crippen LogP contribution in [-0.2, 0) is 10.5 Å². The first kappa shape index (κ1) is 17.5. The van der Waals surface area contributed by atoms with E-state index in [2.05, 4.69) is 17.4 Å². The zero-order valence-electron chi connectivity index (χ0n) is 13.9. The molecule has 0 aliphatic heterocycles. The fraction of sp³-hybridized carbons (Fsp3) is 0.300. The highest BCUT2D eigenvalue weighted by Gasteiger charge is 2.33. The molecule has 3 rings (SSSR count). The number of carbonyl (C=O) groups is 2. The van der Waals surface area contributed by atoms with Crippen LogP contribution in [-0.4, -0.2) is 23.0 Å². The smallest absolute Gasteiger partial charge is 0.308 e. The summed E-state index contributed by atoms with van der Waals surface area (Å²) in [5.74, 6) is -0.641. The van der Waals surface area contributed by atoms with Crippen molar-refractivity contribution in [2.75, 3.05) is 0 Å². The fourth-order valence-electron chi connectivity index (χ4n) is 3.12. The summed E-state index contributed by atoms with van der Waals surface area (Å²) in [4.78, 5) is 24.8. The van der Waals surface area contributed by atoms with E-state index in [0.29, 0.717) is 12.0 Å². The van der Waals surface area contributed by atoms with Gasteiger partial charge in [0.25, 0.3) is 5.91 Å². The van der Waals surface area contributed by atoms with E-state index in [1.165, 1.54) is 4.90 Å². The zero-order valence-corrected chi connectivity index (χ0v) is 14.7. The van der Waals surface area contributed by atoms with E-state index in [9.17, 15) is 14.7 Å². The highest BCUT2D eigenvalue weighted by Crippen LogP contribution is 2.26. The van der Waals surface area contributed by atoms with Gasteiger partial charge in [-0.3, -0.25) is 9.59 Å². The van der Waals surface area contributed by atoms with Gasteiger partial charge in [0.15, 0.2) is 0 Å². The van der Waals surface area contributed by atoms with Crippen LogP contribution in [0.2, 0.25) is 0 Å². The molecule has 0 unspecified atom stereocenters. The summed E-state index contributed by atoms with van der Waals surface area (Å²) in [7, 11) is 0. The number of hydrogen-bond acceptors (Lipinski definition) is 3. The van der Waals surface area contributed by atoms with E-state index in [0.717, 1.165) is 24.2 Å². The van der Waals surface area contributed by atoms with Gasteiger partial charge in [0.1, 0.15) is 0 Å². The molecule has 25 heavy (non-hydrogen) atoms. The molecule has 0 bridgehead atoms. The number of amides is 1. The van der Waals surface area contributed by atoms with E-state index in [4.69, 9.17) is 0 Å². The molecule has 2 atom stereocenters. The first-order valence-electron chi connectivity index (χ1n) is 8.44. The topological polar surface area (TPSA) is 66.4 Å². The van der Waals surface area contributed by atoms with Gasteiger partial charge in [-0.05, 0) is 42.7 Å². The van der Waals surface area contributed by atoms with Crippen LogP contribution in [0.3, 0.4) is 0 Å². The zero-order chi connectivity index (χ0) is 17.6. The maximum Gasteiger partial charge on any atom is 0.308 e. The summed E-state index contributed by atoms with van der Waals surface area (Å²) in [5.41, 5.74) is 1.72. The van der Waals surface area contributed by atoms with Gasteiger partial charge in [-0.25, -0.2) is 0 Å². The Balaban J connectivity index is 1.56. The number of carbonyl (C=O) groups excluding carboxylic acids is 1. The van der Waals surface area contributed by atoms with Crippen LogP contribution in [0.1, 0.15) is 35.2 Å². The number of nitrogens with one attached hydrogen (secondary N) is 1. The lowest BCUT2D eigenvalue weighted by atomic mass is 10.0. The van der Waals surface area contributed by atoms with Gasteiger partial charge in [0.2, 0.25) is 0 Å². The Bertz CT molecular complexity index is 730. The van der Waals surface area contributed by atoms with Gasteiger partial charge in [-0.1, -0.05) is 36.8 Å². The van der Waals surface area contributed by atoms with E-state index in [1.807, 2.05) is 30.3 Å². The van der Waals surface area contributed by atoms with Gasteiger partial charge in [0.05, 0.1) is 5.92 Å². The third kappa shape index (κ3) is 4.63. The lowest BCUT2D eigenvalue weighted by Gasteiger charge is -2.17. The predicted molar refractivity (Wildman–Crippen MR) is 98.7 cm³/mol. The van der Waals surface area contributed by atoms with Crippen molar-refractivity contribution in [3.63, 3.8) is 0 Å². The normalized spacial score (nSPS) is 19.5. The van der Waals surface area contributed by atoms with Gasteiger partial charge in [-0.15, -0.1) is 11.8 Å². The minimum Gasteiger partial charge on any atom is -0.481 e. The molecule has 1 fully saturated rings. The standard InChI is InChI=1S/C20H21NO3S/c22-19(21-18-8-4-7-17(18)20(23)24)15-11-9-14(10-12-15)13-25-16-5-2-1-3-6-16/h1-3,5-6,9-12,17-18H,4,7-8,13H2,(H,21,22)(H,23,24)/t17-,18+/m1/s1. The highest BCUT2D eigenvalue weighted by molar-refractivity contribution is 7.98. The lowest BCUT2D eigenvalue weighted by Crippen LogP contribution is -2.40. The van der Waals surface area contributed by atoms with Crippen molar-refractivity contribution in [3.8, 4) is 0 Å². The third-order valence-electron chi connectivity index (χ3n) is 4.51. The van der Waals surface area contributed by atoms with Crippen molar-refractivity contribution in [2.24, 2.45) is 5.92 Å². The predicted octanol–water partition coefficient (Wildman–Crippen LogP) is 3.96. The average Bonchev–Trinajstić information content (AvgIpc) is 3.09. The minimum atomic E-state index is -0.823. The second kappa shape index (κ2) is 8.21. The van der Waals surface area contributed by atoms with Crippen molar-refractivity contribution in [1.82, 2.24) is 5.32 Å². The fourth-order valence-corrected chi connectivity index (χ4v) is 3.99. The first-order valence-corrected chi connectivity index (χ1v) is 9.42. The van der Waals surface area contributed by atoms with Gasteiger partial charge in [0, 0.05) is 22.3 Å². The molecule has 1 aliphatic carbocycles. The molecule has 1 aliphatic rings. The van der Waals surface area contributed by atoms with Crippen LogP contribution in [0.4, 0.5) is 0 Å². The van der Waals surface area contributed by atoms with E-state index < -0.39 is 11.9 Å². The lowest BCUT2D eigenvalue weighted by molar-refractivity contribution is -0.142.